The molecule has 24 heavy (non-hydrogen) atoms. The van der Waals surface area contributed by atoms with Gasteiger partial charge < -0.3 is 15.4 Å². The molecule has 1 aromatic heterocycles. The molecule has 128 valence electrons. The van der Waals surface area contributed by atoms with Gasteiger partial charge in [-0.15, -0.1) is 0 Å². The Morgan fingerprint density at radius 3 is 2.96 bits per heavy atom. The fourth-order valence-electron chi connectivity index (χ4n) is 2.89. The second-order valence-electron chi connectivity index (χ2n) is 5.66. The third-order valence-corrected chi connectivity index (χ3v) is 4.04. The number of aromatic nitrogens is 2. The Morgan fingerprint density at radius 1 is 1.50 bits per heavy atom. The van der Waals surface area contributed by atoms with Crippen molar-refractivity contribution in [1.82, 2.24) is 15.0 Å². The van der Waals surface area contributed by atoms with Crippen LogP contribution in [0.15, 0.2) is 22.7 Å². The lowest BCUT2D eigenvalue weighted by molar-refractivity contribution is 0.0942. The van der Waals surface area contributed by atoms with Crippen molar-refractivity contribution < 1.29 is 23.2 Å². The highest BCUT2D eigenvalue weighted by atomic mass is 19.1. The normalized spacial score (nSPS) is 19.5. The minimum absolute atomic E-state index is 0.0189. The Balaban J connectivity index is 1.74. The van der Waals surface area contributed by atoms with Crippen molar-refractivity contribution in [2.75, 3.05) is 13.1 Å². The summed E-state index contributed by atoms with van der Waals surface area (Å²) < 4.78 is 31.8. The number of nitrogens with two attached hydrogens (primary N) is 1. The molecule has 3 rings (SSSR count). The average Bonchev–Trinajstić information content (AvgIpc) is 3.15. The lowest BCUT2D eigenvalue weighted by atomic mass is 10.1. The van der Waals surface area contributed by atoms with Crippen LogP contribution >= 0.6 is 0 Å². The summed E-state index contributed by atoms with van der Waals surface area (Å²) >= 11 is 0. The second-order valence-corrected chi connectivity index (χ2v) is 5.66. The first-order valence-corrected chi connectivity index (χ1v) is 7.46. The molecule has 1 saturated heterocycles. The lowest BCUT2D eigenvalue weighted by Gasteiger charge is -2.24. The third-order valence-electron chi connectivity index (χ3n) is 4.04. The zero-order chi connectivity index (χ0) is 17.3. The molecule has 7 nitrogen and oxygen atoms in total. The van der Waals surface area contributed by atoms with Crippen LogP contribution in [0.3, 0.4) is 0 Å². The van der Waals surface area contributed by atoms with E-state index in [0.717, 1.165) is 18.6 Å². The van der Waals surface area contributed by atoms with Crippen molar-refractivity contribution in [2.45, 2.75) is 25.0 Å². The van der Waals surface area contributed by atoms with Crippen LogP contribution in [0.5, 0.6) is 0 Å². The van der Waals surface area contributed by atoms with Crippen molar-refractivity contribution in [3.63, 3.8) is 0 Å². The highest BCUT2D eigenvalue weighted by Crippen LogP contribution is 2.32. The maximum atomic E-state index is 13.8. The number of hydrogen-bond acceptors (Lipinski definition) is 6. The number of carbonyl (C=O) groups excluding carboxylic acids is 1. The van der Waals surface area contributed by atoms with Crippen LogP contribution in [-0.4, -0.2) is 39.1 Å². The third kappa shape index (κ3) is 3.26. The summed E-state index contributed by atoms with van der Waals surface area (Å²) in [5.41, 5.74) is 5.12. The fourth-order valence-corrected chi connectivity index (χ4v) is 2.89. The second kappa shape index (κ2) is 6.62. The van der Waals surface area contributed by atoms with E-state index in [1.54, 1.807) is 0 Å². The molecular formula is C15H16F2N4O3. The molecule has 2 heterocycles. The smallest absolute Gasteiger partial charge is 0.290 e. The predicted molar refractivity (Wildman–Crippen MR) is 77.7 cm³/mol. The van der Waals surface area contributed by atoms with Crippen LogP contribution in [0.1, 0.15) is 47.1 Å². The van der Waals surface area contributed by atoms with Gasteiger partial charge in [0.25, 0.3) is 11.7 Å². The number of aliphatic hydroxyl groups excluding tert-OH is 1. The summed E-state index contributed by atoms with van der Waals surface area (Å²) in [6.07, 6.45) is 0.376. The van der Waals surface area contributed by atoms with Gasteiger partial charge in [0.05, 0.1) is 12.1 Å². The zero-order valence-electron chi connectivity index (χ0n) is 12.7. The quantitative estimate of drug-likeness (QED) is 0.852. The standard InChI is InChI=1S/C15H16F2N4O3/c16-8-3-4-9(10(17)6-8)12(22)7-21-5-1-2-11(21)15-19-14(13(18)23)20-24-15/h3-4,6,11-12,22H,1-2,5,7H2,(H2,18,23)/t11-,12+/m1/s1. The Bertz CT molecular complexity index is 752. The maximum Gasteiger partial charge on any atom is 0.290 e. The molecule has 0 spiro atoms. The first-order chi connectivity index (χ1) is 11.5. The van der Waals surface area contributed by atoms with Gasteiger partial charge in [0, 0.05) is 18.2 Å². The van der Waals surface area contributed by atoms with Crippen molar-refractivity contribution in [3.8, 4) is 0 Å². The summed E-state index contributed by atoms with van der Waals surface area (Å²) in [6.45, 7) is 0.750. The average molecular weight is 338 g/mol. The zero-order valence-corrected chi connectivity index (χ0v) is 12.7. The summed E-state index contributed by atoms with van der Waals surface area (Å²) in [5, 5.41) is 13.8. The van der Waals surface area contributed by atoms with E-state index in [2.05, 4.69) is 10.1 Å². The van der Waals surface area contributed by atoms with E-state index in [9.17, 15) is 18.7 Å². The van der Waals surface area contributed by atoms with Crippen molar-refractivity contribution in [3.05, 3.63) is 47.1 Å². The number of rotatable bonds is 5. The first-order valence-electron chi connectivity index (χ1n) is 7.46. The molecule has 1 fully saturated rings. The number of β-amino-alcohol motifs (C(OH)–C–C–N with tert-alkyl or cyclic N) is 1. The minimum Gasteiger partial charge on any atom is -0.387 e. The van der Waals surface area contributed by atoms with Crippen LogP contribution in [-0.2, 0) is 0 Å². The van der Waals surface area contributed by atoms with Gasteiger partial charge >= 0.3 is 0 Å². The Morgan fingerprint density at radius 2 is 2.29 bits per heavy atom. The number of aliphatic hydroxyl groups is 1. The van der Waals surface area contributed by atoms with Crippen LogP contribution < -0.4 is 5.73 Å². The highest BCUT2D eigenvalue weighted by Gasteiger charge is 2.33. The fraction of sp³-hybridized carbons (Fsp3) is 0.400. The van der Waals surface area contributed by atoms with Crippen LogP contribution in [0.4, 0.5) is 8.78 Å². The Labute approximate surface area is 136 Å². The lowest BCUT2D eigenvalue weighted by Crippen LogP contribution is -2.29. The molecule has 0 radical (unpaired) electrons. The van der Waals surface area contributed by atoms with Crippen LogP contribution in [0.2, 0.25) is 0 Å². The van der Waals surface area contributed by atoms with E-state index < -0.39 is 23.6 Å². The number of benzene rings is 1. The topological polar surface area (TPSA) is 105 Å². The molecule has 3 N–H and O–H groups in total. The van der Waals surface area contributed by atoms with Crippen molar-refractivity contribution >= 4 is 5.91 Å². The van der Waals surface area contributed by atoms with Gasteiger partial charge in [0.2, 0.25) is 5.89 Å². The molecule has 1 aliphatic rings. The number of carbonyl (C=O) groups is 1. The van der Waals surface area contributed by atoms with E-state index in [-0.39, 0.29) is 29.9 Å². The summed E-state index contributed by atoms with van der Waals surface area (Å²) in [7, 11) is 0. The van der Waals surface area contributed by atoms with Gasteiger partial charge in [0.1, 0.15) is 11.6 Å². The molecule has 0 unspecified atom stereocenters. The molecule has 9 heteroatoms. The van der Waals surface area contributed by atoms with E-state index in [4.69, 9.17) is 10.3 Å². The number of amides is 1. The molecule has 2 atom stereocenters. The predicted octanol–water partition coefficient (Wildman–Crippen LogP) is 1.32. The van der Waals surface area contributed by atoms with E-state index in [0.29, 0.717) is 13.0 Å². The van der Waals surface area contributed by atoms with Crippen LogP contribution in [0, 0.1) is 11.6 Å². The monoisotopic (exact) mass is 338 g/mol. The van der Waals surface area contributed by atoms with Gasteiger partial charge in [-0.2, -0.15) is 4.98 Å². The molecule has 1 amide bonds. The minimum atomic E-state index is -1.13. The molecule has 1 aromatic carbocycles. The maximum absolute atomic E-state index is 13.8. The van der Waals surface area contributed by atoms with Gasteiger partial charge in [0.15, 0.2) is 0 Å². The first kappa shape index (κ1) is 16.5. The van der Waals surface area contributed by atoms with E-state index >= 15 is 0 Å². The summed E-state index contributed by atoms with van der Waals surface area (Å²) in [5.74, 6) is -2.27. The molecular weight excluding hydrogens is 322 g/mol. The van der Waals surface area contributed by atoms with Crippen LogP contribution in [0.25, 0.3) is 0 Å². The summed E-state index contributed by atoms with van der Waals surface area (Å²) in [6, 6.07) is 2.76. The Kier molecular flexibility index (Phi) is 4.54. The van der Waals surface area contributed by atoms with Crippen molar-refractivity contribution in [2.24, 2.45) is 5.73 Å². The largest absolute Gasteiger partial charge is 0.387 e. The molecule has 0 aliphatic carbocycles. The molecule has 0 bridgehead atoms. The molecule has 2 aromatic rings. The van der Waals surface area contributed by atoms with E-state index in [1.165, 1.54) is 6.07 Å². The van der Waals surface area contributed by atoms with E-state index in [1.807, 2.05) is 4.90 Å². The highest BCUT2D eigenvalue weighted by molar-refractivity contribution is 5.88. The SMILES string of the molecule is NC(=O)c1noc([C@H]2CCCN2C[C@H](O)c2ccc(F)cc2F)n1. The number of halogens is 2. The number of nitrogens with zero attached hydrogens (tertiary/aromatic N) is 3. The van der Waals surface area contributed by atoms with Crippen molar-refractivity contribution in [1.29, 1.82) is 0 Å². The number of likely N-dealkylation sites (tertiary alicyclic amines) is 1. The van der Waals surface area contributed by atoms with Gasteiger partial charge in [-0.3, -0.25) is 9.69 Å². The van der Waals surface area contributed by atoms with Gasteiger partial charge in [-0.25, -0.2) is 8.78 Å². The molecule has 0 saturated carbocycles. The summed E-state index contributed by atoms with van der Waals surface area (Å²) in [4.78, 5) is 16.9. The Hall–Kier alpha value is -2.39. The van der Waals surface area contributed by atoms with Gasteiger partial charge in [-0.1, -0.05) is 11.2 Å². The molecule has 1 aliphatic heterocycles. The van der Waals surface area contributed by atoms with Gasteiger partial charge in [-0.05, 0) is 25.5 Å². The number of hydrogen-bond donors (Lipinski definition) is 2. The number of primary amides is 1.